The highest BCUT2D eigenvalue weighted by molar-refractivity contribution is 5.69. The van der Waals surface area contributed by atoms with E-state index in [9.17, 15) is 4.79 Å². The van der Waals surface area contributed by atoms with Crippen molar-refractivity contribution in [3.05, 3.63) is 29.8 Å². The minimum Gasteiger partial charge on any atom is -0.491 e. The highest BCUT2D eigenvalue weighted by atomic mass is 16.6. The number of benzene rings is 1. The van der Waals surface area contributed by atoms with E-state index < -0.39 is 5.60 Å². The molecule has 0 unspecified atom stereocenters. The Labute approximate surface area is 169 Å². The second-order valence-electron chi connectivity index (χ2n) is 9.94. The van der Waals surface area contributed by atoms with Gasteiger partial charge >= 0.3 is 6.09 Å². The molecule has 5 heteroatoms. The number of hydrogen-bond donors (Lipinski definition) is 1. The SMILES string of the molecule is CC(C)Oc1cccc([C@@]23C[C@@H](N)C[C@@H](C2)N(C(=O)OC(C)(C)C)C[C@H]3C)c1. The lowest BCUT2D eigenvalue weighted by atomic mass is 9.57. The number of amides is 1. The number of fused-ring (bicyclic) bond motifs is 2. The average molecular weight is 389 g/mol. The smallest absolute Gasteiger partial charge is 0.410 e. The quantitative estimate of drug-likeness (QED) is 0.829. The van der Waals surface area contributed by atoms with Crippen LogP contribution in [0, 0.1) is 5.92 Å². The van der Waals surface area contributed by atoms with E-state index in [1.807, 2.05) is 45.6 Å². The first-order valence-electron chi connectivity index (χ1n) is 10.5. The molecule has 2 N–H and O–H groups in total. The van der Waals surface area contributed by atoms with Crippen molar-refractivity contribution < 1.29 is 14.3 Å². The normalized spacial score (nSPS) is 30.3. The van der Waals surface area contributed by atoms with Gasteiger partial charge in [-0.05, 0) is 77.5 Å². The second-order valence-corrected chi connectivity index (χ2v) is 9.94. The molecule has 0 spiro atoms. The molecule has 0 aromatic heterocycles. The fraction of sp³-hybridized carbons (Fsp3) is 0.696. The lowest BCUT2D eigenvalue weighted by Crippen LogP contribution is -2.62. The summed E-state index contributed by atoms with van der Waals surface area (Å²) in [5.41, 5.74) is 7.27. The van der Waals surface area contributed by atoms with Crippen LogP contribution in [-0.2, 0) is 10.2 Å². The Morgan fingerprint density at radius 2 is 2.00 bits per heavy atom. The van der Waals surface area contributed by atoms with Crippen molar-refractivity contribution in [1.82, 2.24) is 4.90 Å². The molecule has 1 saturated heterocycles. The number of rotatable bonds is 3. The van der Waals surface area contributed by atoms with Gasteiger partial charge in [-0.15, -0.1) is 0 Å². The molecule has 1 aliphatic carbocycles. The molecule has 1 saturated carbocycles. The van der Waals surface area contributed by atoms with Crippen LogP contribution in [0.3, 0.4) is 0 Å². The third kappa shape index (κ3) is 4.29. The molecule has 1 heterocycles. The zero-order chi connectivity index (χ0) is 20.7. The molecule has 2 fully saturated rings. The van der Waals surface area contributed by atoms with Crippen LogP contribution < -0.4 is 10.5 Å². The average Bonchev–Trinajstić information content (AvgIpc) is 2.55. The molecule has 5 nitrogen and oxygen atoms in total. The van der Waals surface area contributed by atoms with Gasteiger partial charge in [-0.3, -0.25) is 0 Å². The Balaban J connectivity index is 1.90. The van der Waals surface area contributed by atoms with Crippen LogP contribution in [0.1, 0.15) is 66.4 Å². The summed E-state index contributed by atoms with van der Waals surface area (Å²) in [5.74, 6) is 1.19. The van der Waals surface area contributed by atoms with Crippen LogP contribution in [0.25, 0.3) is 0 Å². The minimum absolute atomic E-state index is 0.0306. The van der Waals surface area contributed by atoms with Crippen molar-refractivity contribution in [2.75, 3.05) is 6.54 Å². The summed E-state index contributed by atoms with van der Waals surface area (Å²) in [5, 5.41) is 0. The van der Waals surface area contributed by atoms with Gasteiger partial charge in [0.05, 0.1) is 6.10 Å². The fourth-order valence-corrected chi connectivity index (χ4v) is 4.96. The van der Waals surface area contributed by atoms with Crippen LogP contribution in [0.15, 0.2) is 24.3 Å². The van der Waals surface area contributed by atoms with E-state index in [4.69, 9.17) is 15.2 Å². The predicted molar refractivity (Wildman–Crippen MR) is 112 cm³/mol. The Hall–Kier alpha value is -1.75. The number of ether oxygens (including phenoxy) is 2. The molecule has 156 valence electrons. The number of nitrogens with zero attached hydrogens (tertiary/aromatic N) is 1. The van der Waals surface area contributed by atoms with Crippen LogP contribution in [0.2, 0.25) is 0 Å². The zero-order valence-corrected chi connectivity index (χ0v) is 18.2. The van der Waals surface area contributed by atoms with E-state index in [0.717, 1.165) is 25.0 Å². The third-order valence-corrected chi connectivity index (χ3v) is 6.06. The molecule has 4 atom stereocenters. The maximum Gasteiger partial charge on any atom is 0.410 e. The molecule has 0 radical (unpaired) electrons. The van der Waals surface area contributed by atoms with Gasteiger partial charge in [0.15, 0.2) is 0 Å². The van der Waals surface area contributed by atoms with Crippen molar-refractivity contribution in [2.24, 2.45) is 11.7 Å². The molecule has 1 aliphatic heterocycles. The molecular weight excluding hydrogens is 352 g/mol. The number of piperidine rings is 1. The van der Waals surface area contributed by atoms with Gasteiger partial charge in [0.2, 0.25) is 0 Å². The summed E-state index contributed by atoms with van der Waals surface area (Å²) < 4.78 is 11.6. The van der Waals surface area contributed by atoms with Crippen molar-refractivity contribution in [3.8, 4) is 5.75 Å². The molecule has 3 rings (SSSR count). The molecule has 28 heavy (non-hydrogen) atoms. The second kappa shape index (κ2) is 7.58. The lowest BCUT2D eigenvalue weighted by molar-refractivity contribution is -0.0284. The van der Waals surface area contributed by atoms with Gasteiger partial charge in [-0.25, -0.2) is 4.79 Å². The topological polar surface area (TPSA) is 64.8 Å². The summed E-state index contributed by atoms with van der Waals surface area (Å²) in [6.45, 7) is 12.8. The lowest BCUT2D eigenvalue weighted by Gasteiger charge is -2.55. The summed E-state index contributed by atoms with van der Waals surface area (Å²) >= 11 is 0. The Kier molecular flexibility index (Phi) is 5.68. The van der Waals surface area contributed by atoms with E-state index >= 15 is 0 Å². The Bertz CT molecular complexity index is 712. The van der Waals surface area contributed by atoms with E-state index in [1.54, 1.807) is 0 Å². The number of carbonyl (C=O) groups is 1. The summed E-state index contributed by atoms with van der Waals surface area (Å²) in [4.78, 5) is 14.7. The fourth-order valence-electron chi connectivity index (χ4n) is 4.96. The predicted octanol–water partition coefficient (Wildman–Crippen LogP) is 4.48. The van der Waals surface area contributed by atoms with Crippen molar-refractivity contribution in [3.63, 3.8) is 0 Å². The number of hydrogen-bond acceptors (Lipinski definition) is 4. The monoisotopic (exact) mass is 388 g/mol. The van der Waals surface area contributed by atoms with Crippen LogP contribution >= 0.6 is 0 Å². The van der Waals surface area contributed by atoms with Gasteiger partial charge in [0, 0.05) is 24.0 Å². The Morgan fingerprint density at radius 1 is 1.29 bits per heavy atom. The number of carbonyl (C=O) groups excluding carboxylic acids is 1. The first-order valence-corrected chi connectivity index (χ1v) is 10.5. The van der Waals surface area contributed by atoms with Gasteiger partial charge < -0.3 is 20.1 Å². The first-order chi connectivity index (χ1) is 13.0. The molecule has 1 aromatic carbocycles. The van der Waals surface area contributed by atoms with E-state index in [-0.39, 0.29) is 35.6 Å². The van der Waals surface area contributed by atoms with Gasteiger partial charge in [-0.1, -0.05) is 19.1 Å². The first kappa shape index (κ1) is 21.0. The zero-order valence-electron chi connectivity index (χ0n) is 18.2. The Morgan fingerprint density at radius 3 is 2.64 bits per heavy atom. The molecule has 1 aromatic rings. The maximum absolute atomic E-state index is 12.8. The van der Waals surface area contributed by atoms with Gasteiger partial charge in [0.1, 0.15) is 11.4 Å². The summed E-state index contributed by atoms with van der Waals surface area (Å²) in [7, 11) is 0. The van der Waals surface area contributed by atoms with Crippen molar-refractivity contribution in [1.29, 1.82) is 0 Å². The van der Waals surface area contributed by atoms with Crippen molar-refractivity contribution in [2.45, 2.75) is 90.0 Å². The molecular formula is C23H36N2O3. The van der Waals surface area contributed by atoms with Gasteiger partial charge in [-0.2, -0.15) is 0 Å². The van der Waals surface area contributed by atoms with Crippen LogP contribution in [-0.4, -0.2) is 41.3 Å². The highest BCUT2D eigenvalue weighted by Crippen LogP contribution is 2.50. The molecule has 2 bridgehead atoms. The van der Waals surface area contributed by atoms with E-state index in [2.05, 4.69) is 25.1 Å². The standard InChI is InChI=1S/C23H36N2O3/c1-15(2)27-20-9-7-8-17(10-20)23-12-18(24)11-19(13-23)25(14-16(23)3)21(26)28-22(4,5)6/h7-10,15-16,18-19H,11-14,24H2,1-6H3/t16-,18+,19+,23+/m1/s1. The molecule has 2 aliphatic rings. The van der Waals surface area contributed by atoms with Crippen molar-refractivity contribution >= 4 is 6.09 Å². The number of nitrogens with two attached hydrogens (primary N) is 1. The maximum atomic E-state index is 12.8. The third-order valence-electron chi connectivity index (χ3n) is 6.06. The largest absolute Gasteiger partial charge is 0.491 e. The summed E-state index contributed by atoms with van der Waals surface area (Å²) in [6, 6.07) is 8.65. The van der Waals surface area contributed by atoms with Gasteiger partial charge in [0.25, 0.3) is 0 Å². The van der Waals surface area contributed by atoms with Crippen LogP contribution in [0.5, 0.6) is 5.75 Å². The molecule has 1 amide bonds. The van der Waals surface area contributed by atoms with E-state index in [1.165, 1.54) is 5.56 Å². The minimum atomic E-state index is -0.492. The summed E-state index contributed by atoms with van der Waals surface area (Å²) in [6.07, 6.45) is 2.62. The highest BCUT2D eigenvalue weighted by Gasteiger charge is 2.52. The van der Waals surface area contributed by atoms with Crippen LogP contribution in [0.4, 0.5) is 4.79 Å². The number of likely N-dealkylation sites (tertiary alicyclic amines) is 1. The van der Waals surface area contributed by atoms with E-state index in [0.29, 0.717) is 6.54 Å².